The van der Waals surface area contributed by atoms with Crippen molar-refractivity contribution in [2.24, 2.45) is 0 Å². The third kappa shape index (κ3) is 3.49. The lowest BCUT2D eigenvalue weighted by Gasteiger charge is -2.42. The van der Waals surface area contributed by atoms with Crippen molar-refractivity contribution in [1.82, 2.24) is 9.88 Å². The third-order valence-electron chi connectivity index (χ3n) is 4.05. The number of likely N-dealkylation sites (N-methyl/N-ethyl adjacent to an activating group) is 1. The third-order valence-corrected chi connectivity index (χ3v) is 4.05. The molecule has 0 spiro atoms. The molecule has 0 amide bonds. The van der Waals surface area contributed by atoms with E-state index in [0.717, 1.165) is 18.4 Å². The highest BCUT2D eigenvalue weighted by Crippen LogP contribution is 2.36. The lowest BCUT2D eigenvalue weighted by Crippen LogP contribution is -2.48. The van der Waals surface area contributed by atoms with Crippen molar-refractivity contribution in [2.45, 2.75) is 58.3 Å². The number of hydrogen-bond donors (Lipinski definition) is 1. The van der Waals surface area contributed by atoms with Crippen molar-refractivity contribution in [3.8, 4) is 5.75 Å². The summed E-state index contributed by atoms with van der Waals surface area (Å²) in [4.78, 5) is 6.30. The van der Waals surface area contributed by atoms with Gasteiger partial charge in [-0.1, -0.05) is 13.8 Å². The summed E-state index contributed by atoms with van der Waals surface area (Å²) in [6.07, 6.45) is 4.66. The van der Waals surface area contributed by atoms with E-state index in [1.807, 2.05) is 34.0 Å². The van der Waals surface area contributed by atoms with Crippen LogP contribution in [0, 0.1) is 0 Å². The van der Waals surface area contributed by atoms with Gasteiger partial charge in [0, 0.05) is 11.8 Å². The first-order valence-corrected chi connectivity index (χ1v) is 7.34. The van der Waals surface area contributed by atoms with Crippen LogP contribution in [-0.4, -0.2) is 40.7 Å². The molecule has 1 atom stereocenters. The lowest BCUT2D eigenvalue weighted by molar-refractivity contribution is -0.0153. The van der Waals surface area contributed by atoms with Crippen molar-refractivity contribution in [2.75, 3.05) is 14.1 Å². The van der Waals surface area contributed by atoms with E-state index in [1.165, 1.54) is 0 Å². The molecule has 0 bridgehead atoms. The molecule has 0 aliphatic heterocycles. The minimum Gasteiger partial charge on any atom is -0.489 e. The van der Waals surface area contributed by atoms with Crippen LogP contribution >= 0.6 is 0 Å². The quantitative estimate of drug-likeness (QED) is 0.834. The van der Waals surface area contributed by atoms with Gasteiger partial charge in [-0.3, -0.25) is 4.98 Å². The van der Waals surface area contributed by atoms with E-state index in [1.54, 1.807) is 12.4 Å². The second-order valence-corrected chi connectivity index (χ2v) is 5.73. The summed E-state index contributed by atoms with van der Waals surface area (Å²) in [7, 11) is 4.02. The number of nitrogens with zero attached hydrogens (tertiary/aromatic N) is 2. The average molecular weight is 280 g/mol. The first-order chi connectivity index (χ1) is 9.37. The standard InChI is InChI=1S/C16H28N2O2/c1-7-16(8-2,18(5)6)15(19)13-9-14(11-17-10-13)20-12(3)4/h9-12,15,19H,7-8H2,1-6H3. The Morgan fingerprint density at radius 1 is 1.25 bits per heavy atom. The Balaban J connectivity index is 3.09. The molecule has 1 aromatic rings. The highest BCUT2D eigenvalue weighted by atomic mass is 16.5. The molecule has 1 heterocycles. The summed E-state index contributed by atoms with van der Waals surface area (Å²) < 4.78 is 5.66. The van der Waals surface area contributed by atoms with E-state index in [9.17, 15) is 5.11 Å². The smallest absolute Gasteiger partial charge is 0.138 e. The van der Waals surface area contributed by atoms with Crippen LogP contribution < -0.4 is 4.74 Å². The number of ether oxygens (including phenoxy) is 1. The molecule has 114 valence electrons. The molecule has 0 radical (unpaired) electrons. The van der Waals surface area contributed by atoms with E-state index in [-0.39, 0.29) is 11.6 Å². The van der Waals surface area contributed by atoms with Crippen LogP contribution in [0.25, 0.3) is 0 Å². The summed E-state index contributed by atoms with van der Waals surface area (Å²) >= 11 is 0. The molecule has 1 aromatic heterocycles. The molecule has 1 N–H and O–H groups in total. The van der Waals surface area contributed by atoms with Gasteiger partial charge in [0.1, 0.15) is 5.75 Å². The Kier molecular flexibility index (Phi) is 5.96. The maximum absolute atomic E-state index is 10.8. The van der Waals surface area contributed by atoms with Crippen molar-refractivity contribution >= 4 is 0 Å². The molecular formula is C16H28N2O2. The monoisotopic (exact) mass is 280 g/mol. The first kappa shape index (κ1) is 16.9. The molecule has 0 aromatic carbocycles. The second kappa shape index (κ2) is 7.04. The van der Waals surface area contributed by atoms with Gasteiger partial charge in [0.2, 0.25) is 0 Å². The van der Waals surface area contributed by atoms with Gasteiger partial charge < -0.3 is 14.7 Å². The van der Waals surface area contributed by atoms with Gasteiger partial charge in [0.05, 0.1) is 23.9 Å². The first-order valence-electron chi connectivity index (χ1n) is 7.34. The van der Waals surface area contributed by atoms with Crippen LogP contribution in [0.5, 0.6) is 5.75 Å². The van der Waals surface area contributed by atoms with Crippen LogP contribution in [0.1, 0.15) is 52.2 Å². The minimum absolute atomic E-state index is 0.0974. The van der Waals surface area contributed by atoms with Crippen LogP contribution in [0.3, 0.4) is 0 Å². The Morgan fingerprint density at radius 3 is 2.30 bits per heavy atom. The lowest BCUT2D eigenvalue weighted by atomic mass is 9.82. The van der Waals surface area contributed by atoms with Crippen LogP contribution in [0.4, 0.5) is 0 Å². The van der Waals surface area contributed by atoms with Crippen LogP contribution in [-0.2, 0) is 0 Å². The number of aromatic nitrogens is 1. The maximum Gasteiger partial charge on any atom is 0.138 e. The molecule has 0 aliphatic rings. The van der Waals surface area contributed by atoms with Gasteiger partial charge in [-0.15, -0.1) is 0 Å². The fourth-order valence-electron chi connectivity index (χ4n) is 2.75. The van der Waals surface area contributed by atoms with Crippen LogP contribution in [0.2, 0.25) is 0 Å². The maximum atomic E-state index is 10.8. The average Bonchev–Trinajstić information content (AvgIpc) is 2.39. The highest BCUT2D eigenvalue weighted by molar-refractivity contribution is 5.27. The zero-order chi connectivity index (χ0) is 15.3. The molecule has 20 heavy (non-hydrogen) atoms. The molecule has 1 rings (SSSR count). The predicted molar refractivity (Wildman–Crippen MR) is 82.0 cm³/mol. The van der Waals surface area contributed by atoms with Crippen molar-refractivity contribution in [1.29, 1.82) is 0 Å². The Bertz CT molecular complexity index is 415. The minimum atomic E-state index is -0.587. The van der Waals surface area contributed by atoms with Gasteiger partial charge in [-0.2, -0.15) is 0 Å². The Morgan fingerprint density at radius 2 is 1.85 bits per heavy atom. The normalized spacial score (nSPS) is 13.8. The van der Waals surface area contributed by atoms with Gasteiger partial charge in [-0.05, 0) is 46.9 Å². The highest BCUT2D eigenvalue weighted by Gasteiger charge is 2.38. The summed E-state index contributed by atoms with van der Waals surface area (Å²) in [5.74, 6) is 0.705. The van der Waals surface area contributed by atoms with E-state index < -0.39 is 6.10 Å². The largest absolute Gasteiger partial charge is 0.489 e. The number of pyridine rings is 1. The summed E-state index contributed by atoms with van der Waals surface area (Å²) in [6, 6.07) is 1.89. The molecule has 0 aliphatic carbocycles. The Hall–Kier alpha value is -1.13. The van der Waals surface area contributed by atoms with Crippen LogP contribution in [0.15, 0.2) is 18.5 Å². The summed E-state index contributed by atoms with van der Waals surface area (Å²) in [5.41, 5.74) is 0.526. The number of aliphatic hydroxyl groups excluding tert-OH is 1. The number of aliphatic hydroxyl groups is 1. The number of hydrogen-bond acceptors (Lipinski definition) is 4. The molecule has 0 fully saturated rings. The van der Waals surface area contributed by atoms with E-state index in [4.69, 9.17) is 4.74 Å². The zero-order valence-electron chi connectivity index (χ0n) is 13.6. The Labute approximate surface area is 122 Å². The number of rotatable bonds is 7. The molecule has 4 heteroatoms. The molecule has 0 saturated heterocycles. The topological polar surface area (TPSA) is 45.6 Å². The van der Waals surface area contributed by atoms with Gasteiger partial charge in [0.25, 0.3) is 0 Å². The second-order valence-electron chi connectivity index (χ2n) is 5.73. The van der Waals surface area contributed by atoms with Crippen molar-refractivity contribution < 1.29 is 9.84 Å². The fourth-order valence-corrected chi connectivity index (χ4v) is 2.75. The zero-order valence-corrected chi connectivity index (χ0v) is 13.6. The van der Waals surface area contributed by atoms with Gasteiger partial charge in [-0.25, -0.2) is 0 Å². The SMILES string of the molecule is CCC(CC)(C(O)c1cncc(OC(C)C)c1)N(C)C. The van der Waals surface area contributed by atoms with Crippen molar-refractivity contribution in [3.05, 3.63) is 24.0 Å². The van der Waals surface area contributed by atoms with Gasteiger partial charge in [0.15, 0.2) is 0 Å². The van der Waals surface area contributed by atoms with E-state index >= 15 is 0 Å². The van der Waals surface area contributed by atoms with E-state index in [2.05, 4.69) is 23.7 Å². The predicted octanol–water partition coefficient (Wildman–Crippen LogP) is 3.02. The fraction of sp³-hybridized carbons (Fsp3) is 0.688. The molecule has 0 saturated carbocycles. The molecule has 1 unspecified atom stereocenters. The molecule has 4 nitrogen and oxygen atoms in total. The summed E-state index contributed by atoms with van der Waals surface area (Å²) in [6.45, 7) is 8.17. The van der Waals surface area contributed by atoms with Gasteiger partial charge >= 0.3 is 0 Å². The van der Waals surface area contributed by atoms with Crippen molar-refractivity contribution in [3.63, 3.8) is 0 Å². The summed E-state index contributed by atoms with van der Waals surface area (Å²) in [5, 5.41) is 10.8. The molecular weight excluding hydrogens is 252 g/mol. The van der Waals surface area contributed by atoms with E-state index in [0.29, 0.717) is 5.75 Å².